The molecule has 0 saturated carbocycles. The molecule has 0 aliphatic carbocycles. The van der Waals surface area contributed by atoms with Crippen molar-refractivity contribution in [3.05, 3.63) is 65.6 Å². The number of rotatable bonds is 5. The van der Waals surface area contributed by atoms with Crippen LogP contribution in [0.5, 0.6) is 0 Å². The molecule has 2 aliphatic rings. The van der Waals surface area contributed by atoms with Gasteiger partial charge in [-0.15, -0.1) is 11.3 Å². The maximum absolute atomic E-state index is 14.0. The van der Waals surface area contributed by atoms with E-state index in [1.54, 1.807) is 28.1 Å². The van der Waals surface area contributed by atoms with Crippen LogP contribution in [0.15, 0.2) is 54.0 Å². The molecule has 4 heterocycles. The zero-order valence-corrected chi connectivity index (χ0v) is 20.7. The van der Waals surface area contributed by atoms with Crippen molar-refractivity contribution in [1.82, 2.24) is 19.8 Å². The van der Waals surface area contributed by atoms with Gasteiger partial charge < -0.3 is 19.6 Å². The summed E-state index contributed by atoms with van der Waals surface area (Å²) < 4.78 is 14.0. The van der Waals surface area contributed by atoms with Gasteiger partial charge in [0.2, 0.25) is 5.91 Å². The van der Waals surface area contributed by atoms with Crippen LogP contribution in [0.25, 0.3) is 0 Å². The van der Waals surface area contributed by atoms with Crippen molar-refractivity contribution < 1.29 is 14.0 Å². The normalized spacial score (nSPS) is 16.2. The summed E-state index contributed by atoms with van der Waals surface area (Å²) in [5.74, 6) is 0.654. The predicted molar refractivity (Wildman–Crippen MR) is 138 cm³/mol. The standard InChI is InChI=1S/C25H28FN7O2S/c26-20-5-1-2-6-21(20)30-9-13-32(14-10-30)23(34)17-19-18-36-24(28-19)29-25(35)33-15-11-31(12-16-33)22-7-3-4-8-27-22/h1-8,18H,9-17H2,(H,28,29,35). The van der Waals surface area contributed by atoms with Gasteiger partial charge in [-0.2, -0.15) is 0 Å². The number of hydrogen-bond donors (Lipinski definition) is 1. The molecule has 1 N–H and O–H groups in total. The first-order valence-corrected chi connectivity index (χ1v) is 12.9. The number of thiazole rings is 1. The first-order chi connectivity index (χ1) is 17.6. The number of halogens is 1. The van der Waals surface area contributed by atoms with E-state index in [4.69, 9.17) is 0 Å². The number of amides is 3. The van der Waals surface area contributed by atoms with Gasteiger partial charge >= 0.3 is 6.03 Å². The Morgan fingerprint density at radius 2 is 1.58 bits per heavy atom. The lowest BCUT2D eigenvalue weighted by atomic mass is 10.2. The summed E-state index contributed by atoms with van der Waals surface area (Å²) in [5, 5.41) is 5.15. The van der Waals surface area contributed by atoms with Crippen LogP contribution in [-0.2, 0) is 11.2 Å². The fourth-order valence-electron chi connectivity index (χ4n) is 4.47. The minimum Gasteiger partial charge on any atom is -0.366 e. The van der Waals surface area contributed by atoms with Crippen LogP contribution in [0, 0.1) is 5.82 Å². The molecule has 0 bridgehead atoms. The monoisotopic (exact) mass is 509 g/mol. The van der Waals surface area contributed by atoms with Crippen molar-refractivity contribution in [1.29, 1.82) is 0 Å². The number of carbonyl (C=O) groups excluding carboxylic acids is 2. The molecule has 0 atom stereocenters. The molecule has 2 saturated heterocycles. The molecule has 3 aromatic rings. The average Bonchev–Trinajstić information content (AvgIpc) is 3.36. The number of hydrogen-bond acceptors (Lipinski definition) is 7. The molecular formula is C25H28FN7O2S. The molecule has 188 valence electrons. The molecule has 5 rings (SSSR count). The van der Waals surface area contributed by atoms with Gasteiger partial charge in [0.25, 0.3) is 0 Å². The average molecular weight is 510 g/mol. The number of urea groups is 1. The Morgan fingerprint density at radius 3 is 2.31 bits per heavy atom. The van der Waals surface area contributed by atoms with Gasteiger partial charge in [0, 0.05) is 63.9 Å². The first kappa shape index (κ1) is 24.0. The molecule has 9 nitrogen and oxygen atoms in total. The van der Waals surface area contributed by atoms with E-state index in [0.29, 0.717) is 68.9 Å². The lowest BCUT2D eigenvalue weighted by Crippen LogP contribution is -2.50. The third kappa shape index (κ3) is 5.56. The SMILES string of the molecule is O=C(Cc1csc(NC(=O)N2CCN(c3ccccn3)CC2)n1)N1CCN(c2ccccc2F)CC1. The second-order valence-corrected chi connectivity index (χ2v) is 9.59. The van der Waals surface area contributed by atoms with Crippen molar-refractivity contribution in [2.24, 2.45) is 0 Å². The number of carbonyl (C=O) groups is 2. The summed E-state index contributed by atoms with van der Waals surface area (Å²) >= 11 is 1.32. The number of piperazine rings is 2. The van der Waals surface area contributed by atoms with Gasteiger partial charge in [0.05, 0.1) is 17.8 Å². The van der Waals surface area contributed by atoms with E-state index in [1.807, 2.05) is 34.5 Å². The van der Waals surface area contributed by atoms with E-state index < -0.39 is 0 Å². The maximum Gasteiger partial charge on any atom is 0.323 e. The number of nitrogens with one attached hydrogen (secondary N) is 1. The van der Waals surface area contributed by atoms with Crippen LogP contribution in [0.2, 0.25) is 0 Å². The Hall–Kier alpha value is -3.73. The van der Waals surface area contributed by atoms with Crippen molar-refractivity contribution in [3.8, 4) is 0 Å². The zero-order valence-electron chi connectivity index (χ0n) is 19.8. The molecule has 11 heteroatoms. The molecule has 3 amide bonds. The highest BCUT2D eigenvalue weighted by atomic mass is 32.1. The largest absolute Gasteiger partial charge is 0.366 e. The van der Waals surface area contributed by atoms with Gasteiger partial charge in [-0.3, -0.25) is 10.1 Å². The summed E-state index contributed by atoms with van der Waals surface area (Å²) in [6, 6.07) is 12.3. The van der Waals surface area contributed by atoms with E-state index in [-0.39, 0.29) is 24.2 Å². The summed E-state index contributed by atoms with van der Waals surface area (Å²) in [7, 11) is 0. The fraction of sp³-hybridized carbons (Fsp3) is 0.360. The highest BCUT2D eigenvalue weighted by Crippen LogP contribution is 2.21. The van der Waals surface area contributed by atoms with Crippen molar-refractivity contribution in [2.45, 2.75) is 6.42 Å². The Bertz CT molecular complexity index is 1190. The summed E-state index contributed by atoms with van der Waals surface area (Å²) in [6.45, 7) is 4.85. The molecule has 2 fully saturated rings. The molecule has 36 heavy (non-hydrogen) atoms. The van der Waals surface area contributed by atoms with Crippen LogP contribution in [0.1, 0.15) is 5.69 Å². The fourth-order valence-corrected chi connectivity index (χ4v) is 5.17. The Balaban J connectivity index is 1.08. The lowest BCUT2D eigenvalue weighted by molar-refractivity contribution is -0.130. The summed E-state index contributed by atoms with van der Waals surface area (Å²) in [5.41, 5.74) is 1.21. The first-order valence-electron chi connectivity index (χ1n) is 12.0. The number of para-hydroxylation sites is 1. The van der Waals surface area contributed by atoms with Crippen molar-refractivity contribution in [2.75, 3.05) is 67.5 Å². The minimum absolute atomic E-state index is 0.0167. The minimum atomic E-state index is -0.246. The van der Waals surface area contributed by atoms with Crippen LogP contribution in [-0.4, -0.2) is 84.1 Å². The van der Waals surface area contributed by atoms with Crippen LogP contribution in [0.4, 0.5) is 25.8 Å². The molecule has 2 aliphatic heterocycles. The quantitative estimate of drug-likeness (QED) is 0.570. The molecule has 2 aromatic heterocycles. The Morgan fingerprint density at radius 1 is 0.889 bits per heavy atom. The number of nitrogens with zero attached hydrogens (tertiary/aromatic N) is 6. The lowest BCUT2D eigenvalue weighted by Gasteiger charge is -2.36. The second kappa shape index (κ2) is 10.9. The van der Waals surface area contributed by atoms with E-state index in [0.717, 1.165) is 5.82 Å². The van der Waals surface area contributed by atoms with Gasteiger partial charge in [-0.1, -0.05) is 18.2 Å². The van der Waals surface area contributed by atoms with E-state index in [1.165, 1.54) is 17.4 Å². The number of aromatic nitrogens is 2. The Labute approximate surface area is 213 Å². The molecular weight excluding hydrogens is 481 g/mol. The molecule has 0 unspecified atom stereocenters. The van der Waals surface area contributed by atoms with Gasteiger partial charge in [-0.05, 0) is 24.3 Å². The third-order valence-corrected chi connectivity index (χ3v) is 7.27. The molecule has 0 spiro atoms. The predicted octanol–water partition coefficient (Wildman–Crippen LogP) is 2.92. The Kier molecular flexibility index (Phi) is 7.26. The topological polar surface area (TPSA) is 84.9 Å². The van der Waals surface area contributed by atoms with E-state index in [2.05, 4.69) is 20.2 Å². The molecule has 1 aromatic carbocycles. The number of benzene rings is 1. The van der Waals surface area contributed by atoms with Crippen LogP contribution >= 0.6 is 11.3 Å². The van der Waals surface area contributed by atoms with Gasteiger partial charge in [-0.25, -0.2) is 19.2 Å². The van der Waals surface area contributed by atoms with Gasteiger partial charge in [0.1, 0.15) is 11.6 Å². The zero-order chi connectivity index (χ0) is 24.9. The second-order valence-electron chi connectivity index (χ2n) is 8.73. The van der Waals surface area contributed by atoms with E-state index >= 15 is 0 Å². The van der Waals surface area contributed by atoms with E-state index in [9.17, 15) is 14.0 Å². The third-order valence-electron chi connectivity index (χ3n) is 6.46. The van der Waals surface area contributed by atoms with Gasteiger partial charge in [0.15, 0.2) is 5.13 Å². The number of pyridine rings is 1. The summed E-state index contributed by atoms with van der Waals surface area (Å²) in [6.07, 6.45) is 1.94. The van der Waals surface area contributed by atoms with Crippen LogP contribution in [0.3, 0.4) is 0 Å². The number of anilines is 3. The highest BCUT2D eigenvalue weighted by molar-refractivity contribution is 7.13. The van der Waals surface area contributed by atoms with Crippen LogP contribution < -0.4 is 15.1 Å². The van der Waals surface area contributed by atoms with Crippen molar-refractivity contribution in [3.63, 3.8) is 0 Å². The summed E-state index contributed by atoms with van der Waals surface area (Å²) in [4.78, 5) is 42.0. The maximum atomic E-state index is 14.0. The smallest absolute Gasteiger partial charge is 0.323 e. The highest BCUT2D eigenvalue weighted by Gasteiger charge is 2.25. The van der Waals surface area contributed by atoms with Crippen molar-refractivity contribution >= 4 is 39.9 Å². The molecule has 0 radical (unpaired) electrons.